The Morgan fingerprint density at radius 1 is 1.37 bits per heavy atom. The molecule has 2 aromatic rings. The van der Waals surface area contributed by atoms with Crippen molar-refractivity contribution in [1.82, 2.24) is 9.78 Å². The fourth-order valence-corrected chi connectivity index (χ4v) is 1.50. The third-order valence-electron chi connectivity index (χ3n) is 2.38. The van der Waals surface area contributed by atoms with Gasteiger partial charge in [-0.2, -0.15) is 5.10 Å². The first kappa shape index (κ1) is 12.6. The number of carboxylic acids is 1. The molecular weight excluding hydrogens is 250 g/mol. The molecular formula is C12H11N3O4. The second-order valence-electron chi connectivity index (χ2n) is 3.79. The maximum Gasteiger partial charge on any atom is 0.335 e. The molecule has 1 aromatic heterocycles. The summed E-state index contributed by atoms with van der Waals surface area (Å²) in [6.07, 6.45) is 3.16. The minimum Gasteiger partial charge on any atom is -0.506 e. The van der Waals surface area contributed by atoms with Crippen LogP contribution in [0, 0.1) is 0 Å². The molecule has 1 amide bonds. The van der Waals surface area contributed by atoms with Gasteiger partial charge in [-0.05, 0) is 24.3 Å². The summed E-state index contributed by atoms with van der Waals surface area (Å²) in [5.74, 6) is -1.75. The van der Waals surface area contributed by atoms with E-state index in [2.05, 4.69) is 10.4 Å². The SMILES string of the molecule is O=C(Cn1cccn1)Nc1cc(C(=O)O)ccc1O. The lowest BCUT2D eigenvalue weighted by molar-refractivity contribution is -0.116. The van der Waals surface area contributed by atoms with Crippen LogP contribution >= 0.6 is 0 Å². The summed E-state index contributed by atoms with van der Waals surface area (Å²) in [6, 6.07) is 5.34. The zero-order valence-corrected chi connectivity index (χ0v) is 9.78. The van der Waals surface area contributed by atoms with Crippen LogP contribution in [0.2, 0.25) is 0 Å². The number of nitrogens with one attached hydrogen (secondary N) is 1. The van der Waals surface area contributed by atoms with Crippen LogP contribution in [0.25, 0.3) is 0 Å². The predicted molar refractivity (Wildman–Crippen MR) is 65.9 cm³/mol. The summed E-state index contributed by atoms with van der Waals surface area (Å²) in [6.45, 7) is -0.0241. The number of carboxylic acid groups (broad SMARTS) is 1. The van der Waals surface area contributed by atoms with E-state index < -0.39 is 11.9 Å². The van der Waals surface area contributed by atoms with Gasteiger partial charge in [-0.15, -0.1) is 0 Å². The van der Waals surface area contributed by atoms with Gasteiger partial charge in [0.05, 0.1) is 11.3 Å². The van der Waals surface area contributed by atoms with Crippen LogP contribution in [0.3, 0.4) is 0 Å². The number of carbonyl (C=O) groups is 2. The highest BCUT2D eigenvalue weighted by atomic mass is 16.4. The largest absolute Gasteiger partial charge is 0.506 e. The van der Waals surface area contributed by atoms with Gasteiger partial charge in [0.1, 0.15) is 12.3 Å². The number of anilines is 1. The van der Waals surface area contributed by atoms with Crippen LogP contribution in [-0.4, -0.2) is 31.9 Å². The van der Waals surface area contributed by atoms with Gasteiger partial charge < -0.3 is 15.5 Å². The second kappa shape index (κ2) is 5.21. The maximum atomic E-state index is 11.7. The Kier molecular flexibility index (Phi) is 3.46. The molecule has 1 aromatic carbocycles. The third-order valence-corrected chi connectivity index (χ3v) is 2.38. The van der Waals surface area contributed by atoms with Crippen molar-refractivity contribution in [3.63, 3.8) is 0 Å². The van der Waals surface area contributed by atoms with Gasteiger partial charge in [-0.25, -0.2) is 4.79 Å². The summed E-state index contributed by atoms with van der Waals surface area (Å²) in [5.41, 5.74) is 0.0317. The second-order valence-corrected chi connectivity index (χ2v) is 3.79. The summed E-state index contributed by atoms with van der Waals surface area (Å²) in [7, 11) is 0. The van der Waals surface area contributed by atoms with Crippen molar-refractivity contribution in [3.8, 4) is 5.75 Å². The molecule has 0 unspecified atom stereocenters. The van der Waals surface area contributed by atoms with Gasteiger partial charge in [-0.1, -0.05) is 0 Å². The first-order valence-electron chi connectivity index (χ1n) is 5.40. The van der Waals surface area contributed by atoms with E-state index in [9.17, 15) is 14.7 Å². The molecule has 3 N–H and O–H groups in total. The van der Waals surface area contributed by atoms with E-state index in [1.807, 2.05) is 0 Å². The number of benzene rings is 1. The smallest absolute Gasteiger partial charge is 0.335 e. The number of aromatic nitrogens is 2. The number of nitrogens with zero attached hydrogens (tertiary/aromatic N) is 2. The van der Waals surface area contributed by atoms with Crippen molar-refractivity contribution in [1.29, 1.82) is 0 Å². The number of aromatic hydroxyl groups is 1. The highest BCUT2D eigenvalue weighted by Gasteiger charge is 2.11. The molecule has 0 saturated heterocycles. The zero-order chi connectivity index (χ0) is 13.8. The van der Waals surface area contributed by atoms with Gasteiger partial charge >= 0.3 is 5.97 Å². The Hall–Kier alpha value is -2.83. The number of phenols is 1. The molecule has 0 spiro atoms. The lowest BCUT2D eigenvalue weighted by atomic mass is 10.2. The van der Waals surface area contributed by atoms with Gasteiger partial charge in [0, 0.05) is 12.4 Å². The van der Waals surface area contributed by atoms with Crippen molar-refractivity contribution in [2.75, 3.05) is 5.32 Å². The Bertz CT molecular complexity index is 607. The monoisotopic (exact) mass is 261 g/mol. The molecule has 7 nitrogen and oxygen atoms in total. The van der Waals surface area contributed by atoms with Crippen LogP contribution < -0.4 is 5.32 Å². The summed E-state index contributed by atoms with van der Waals surface area (Å²) in [5, 5.41) is 24.7. The number of aromatic carboxylic acids is 1. The molecule has 19 heavy (non-hydrogen) atoms. The topological polar surface area (TPSA) is 104 Å². The molecule has 0 fully saturated rings. The van der Waals surface area contributed by atoms with Gasteiger partial charge in [0.15, 0.2) is 0 Å². The number of phenolic OH excluding ortho intramolecular Hbond substituents is 1. The Morgan fingerprint density at radius 2 is 2.16 bits per heavy atom. The van der Waals surface area contributed by atoms with Crippen LogP contribution in [0.5, 0.6) is 5.75 Å². The summed E-state index contributed by atoms with van der Waals surface area (Å²) >= 11 is 0. The highest BCUT2D eigenvalue weighted by molar-refractivity contribution is 5.95. The first-order valence-corrected chi connectivity index (χ1v) is 5.40. The summed E-state index contributed by atoms with van der Waals surface area (Å²) < 4.78 is 1.41. The third kappa shape index (κ3) is 3.09. The number of hydrogen-bond donors (Lipinski definition) is 3. The molecule has 0 aliphatic carbocycles. The average Bonchev–Trinajstić information content (AvgIpc) is 2.84. The Morgan fingerprint density at radius 3 is 2.79 bits per heavy atom. The van der Waals surface area contributed by atoms with E-state index in [1.54, 1.807) is 12.3 Å². The molecule has 7 heteroatoms. The van der Waals surface area contributed by atoms with Gasteiger partial charge in [0.2, 0.25) is 5.91 Å². The zero-order valence-electron chi connectivity index (χ0n) is 9.78. The molecule has 1 heterocycles. The number of amides is 1. The lowest BCUT2D eigenvalue weighted by Gasteiger charge is -2.08. The number of hydrogen-bond acceptors (Lipinski definition) is 4. The van der Waals surface area contributed by atoms with Crippen LogP contribution in [-0.2, 0) is 11.3 Å². The average molecular weight is 261 g/mol. The van der Waals surface area contributed by atoms with E-state index in [0.717, 1.165) is 0 Å². The summed E-state index contributed by atoms with van der Waals surface area (Å²) in [4.78, 5) is 22.5. The fraction of sp³-hybridized carbons (Fsp3) is 0.0833. The van der Waals surface area contributed by atoms with E-state index in [1.165, 1.54) is 29.1 Å². The van der Waals surface area contributed by atoms with Crippen molar-refractivity contribution < 1.29 is 19.8 Å². The van der Waals surface area contributed by atoms with Crippen LogP contribution in [0.4, 0.5) is 5.69 Å². The van der Waals surface area contributed by atoms with E-state index in [0.29, 0.717) is 0 Å². The predicted octanol–water partition coefficient (Wildman–Crippen LogP) is 0.926. The van der Waals surface area contributed by atoms with Crippen molar-refractivity contribution in [3.05, 3.63) is 42.2 Å². The first-order chi connectivity index (χ1) is 9.06. The van der Waals surface area contributed by atoms with E-state index in [4.69, 9.17) is 5.11 Å². The van der Waals surface area contributed by atoms with Crippen LogP contribution in [0.15, 0.2) is 36.7 Å². The van der Waals surface area contributed by atoms with Crippen molar-refractivity contribution in [2.45, 2.75) is 6.54 Å². The Labute approximate surface area is 108 Å². The minimum atomic E-state index is -1.14. The van der Waals surface area contributed by atoms with Crippen molar-refractivity contribution >= 4 is 17.6 Å². The molecule has 0 radical (unpaired) electrons. The van der Waals surface area contributed by atoms with Crippen LogP contribution in [0.1, 0.15) is 10.4 Å². The lowest BCUT2D eigenvalue weighted by Crippen LogP contribution is -2.19. The number of carbonyl (C=O) groups excluding carboxylic acids is 1. The molecule has 0 saturated carbocycles. The molecule has 0 bridgehead atoms. The normalized spacial score (nSPS) is 10.1. The van der Waals surface area contributed by atoms with Gasteiger partial charge in [0.25, 0.3) is 0 Å². The molecule has 98 valence electrons. The standard InChI is InChI=1S/C12H11N3O4/c16-10-3-2-8(12(18)19)6-9(10)14-11(17)7-15-5-1-4-13-15/h1-6,16H,7H2,(H,14,17)(H,18,19). The van der Waals surface area contributed by atoms with Gasteiger partial charge in [-0.3, -0.25) is 9.48 Å². The fourth-order valence-electron chi connectivity index (χ4n) is 1.50. The van der Waals surface area contributed by atoms with E-state index >= 15 is 0 Å². The molecule has 2 rings (SSSR count). The molecule has 0 aliphatic heterocycles. The van der Waals surface area contributed by atoms with Crippen molar-refractivity contribution in [2.24, 2.45) is 0 Å². The quantitative estimate of drug-likeness (QED) is 0.710. The molecule has 0 aliphatic rings. The minimum absolute atomic E-state index is 0.0211. The Balaban J connectivity index is 2.11. The number of rotatable bonds is 4. The van der Waals surface area contributed by atoms with E-state index in [-0.39, 0.29) is 23.5 Å². The maximum absolute atomic E-state index is 11.7. The highest BCUT2D eigenvalue weighted by Crippen LogP contribution is 2.24. The molecule has 0 atom stereocenters.